The fraction of sp³-hybridized carbons (Fsp3) is 0.625. The van der Waals surface area contributed by atoms with E-state index in [2.05, 4.69) is 0 Å². The van der Waals surface area contributed by atoms with Crippen molar-refractivity contribution in [2.75, 3.05) is 0 Å². The first-order valence-corrected chi connectivity index (χ1v) is 3.78. The van der Waals surface area contributed by atoms with E-state index < -0.39 is 5.97 Å². The van der Waals surface area contributed by atoms with Crippen LogP contribution in [-0.2, 0) is 9.53 Å². The van der Waals surface area contributed by atoms with Crippen LogP contribution in [0.1, 0.15) is 26.2 Å². The molecule has 1 unspecified atom stereocenters. The largest absolute Gasteiger partial charge is 0.495 e. The molecule has 3 heteroatoms. The van der Waals surface area contributed by atoms with E-state index in [1.807, 2.05) is 6.92 Å². The molecule has 1 fully saturated rings. The Balaban J connectivity index is 2.52. The van der Waals surface area contributed by atoms with Gasteiger partial charge in [0, 0.05) is 6.42 Å². The average Bonchev–Trinajstić information content (AvgIpc) is 1.85. The lowest BCUT2D eigenvalue weighted by molar-refractivity contribution is -0.131. The zero-order chi connectivity index (χ0) is 8.27. The number of ether oxygens (including phenoxy) is 1. The fourth-order valence-corrected chi connectivity index (χ4v) is 1.18. The summed E-state index contributed by atoms with van der Waals surface area (Å²) in [5.74, 6) is -0.314. The van der Waals surface area contributed by atoms with Crippen molar-refractivity contribution in [2.24, 2.45) is 0 Å². The molecule has 0 aromatic carbocycles. The molecule has 0 aromatic heterocycles. The molecule has 0 saturated carbocycles. The molecule has 1 aliphatic rings. The van der Waals surface area contributed by atoms with Crippen LogP contribution in [0.5, 0.6) is 0 Å². The lowest BCUT2D eigenvalue weighted by atomic mass is 10.1. The molecule has 0 aromatic rings. The number of carbonyl (C=O) groups is 1. The molecular formula is C8H12O3. The third kappa shape index (κ3) is 2.62. The highest BCUT2D eigenvalue weighted by molar-refractivity contribution is 5.80. The quantitative estimate of drug-likeness (QED) is 0.586. The van der Waals surface area contributed by atoms with Gasteiger partial charge in [0.2, 0.25) is 0 Å². The summed E-state index contributed by atoms with van der Waals surface area (Å²) in [7, 11) is 0. The molecule has 1 rings (SSSR count). The van der Waals surface area contributed by atoms with Crippen LogP contribution in [-0.4, -0.2) is 17.2 Å². The van der Waals surface area contributed by atoms with E-state index in [1.54, 1.807) is 0 Å². The maximum Gasteiger partial charge on any atom is 0.331 e. The molecule has 0 radical (unpaired) electrons. The molecule has 0 bridgehead atoms. The third-order valence-corrected chi connectivity index (χ3v) is 1.67. The van der Waals surface area contributed by atoms with Gasteiger partial charge in [0.1, 0.15) is 5.76 Å². The SMILES string of the molecule is CC1CCC/C(=C\C(=O)O)O1. The van der Waals surface area contributed by atoms with E-state index in [0.29, 0.717) is 5.76 Å². The van der Waals surface area contributed by atoms with Gasteiger partial charge in [0.15, 0.2) is 0 Å². The van der Waals surface area contributed by atoms with Gasteiger partial charge >= 0.3 is 5.97 Å². The lowest BCUT2D eigenvalue weighted by Gasteiger charge is -2.22. The van der Waals surface area contributed by atoms with Crippen LogP contribution in [0.3, 0.4) is 0 Å². The topological polar surface area (TPSA) is 46.5 Å². The maximum absolute atomic E-state index is 10.2. The first kappa shape index (κ1) is 8.11. The van der Waals surface area contributed by atoms with Crippen LogP contribution in [0, 0.1) is 0 Å². The number of aliphatic carboxylic acids is 1. The number of hydrogen-bond acceptors (Lipinski definition) is 2. The van der Waals surface area contributed by atoms with E-state index in [4.69, 9.17) is 9.84 Å². The van der Waals surface area contributed by atoms with E-state index >= 15 is 0 Å². The summed E-state index contributed by atoms with van der Waals surface area (Å²) in [6.07, 6.45) is 4.14. The summed E-state index contributed by atoms with van der Waals surface area (Å²) < 4.78 is 5.28. The molecule has 1 N–H and O–H groups in total. The Hall–Kier alpha value is -0.990. The van der Waals surface area contributed by atoms with E-state index in [9.17, 15) is 4.79 Å². The molecule has 11 heavy (non-hydrogen) atoms. The summed E-state index contributed by atoms with van der Waals surface area (Å²) >= 11 is 0. The second-order valence-electron chi connectivity index (χ2n) is 2.77. The van der Waals surface area contributed by atoms with Gasteiger partial charge in [-0.05, 0) is 19.8 Å². The highest BCUT2D eigenvalue weighted by Gasteiger charge is 2.13. The molecule has 0 amide bonds. The standard InChI is InChI=1S/C8H12O3/c1-6-3-2-4-7(11-6)5-8(9)10/h5-6H,2-4H2,1H3,(H,9,10)/b7-5+. The van der Waals surface area contributed by atoms with Crippen molar-refractivity contribution < 1.29 is 14.6 Å². The van der Waals surface area contributed by atoms with Crippen molar-refractivity contribution in [1.82, 2.24) is 0 Å². The second-order valence-corrected chi connectivity index (χ2v) is 2.77. The van der Waals surface area contributed by atoms with Crippen molar-refractivity contribution in [1.29, 1.82) is 0 Å². The van der Waals surface area contributed by atoms with Crippen molar-refractivity contribution in [3.63, 3.8) is 0 Å². The molecule has 62 valence electrons. The van der Waals surface area contributed by atoms with Crippen LogP contribution in [0.25, 0.3) is 0 Å². The molecule has 1 aliphatic heterocycles. The minimum atomic E-state index is -0.922. The summed E-state index contributed by atoms with van der Waals surface area (Å²) in [6.45, 7) is 1.95. The van der Waals surface area contributed by atoms with Crippen molar-refractivity contribution >= 4 is 5.97 Å². The van der Waals surface area contributed by atoms with Gasteiger partial charge in [0.25, 0.3) is 0 Å². The van der Waals surface area contributed by atoms with Gasteiger partial charge in [-0.1, -0.05) is 0 Å². The molecule has 3 nitrogen and oxygen atoms in total. The Bertz CT molecular complexity index is 184. The van der Waals surface area contributed by atoms with Crippen LogP contribution in [0.15, 0.2) is 11.8 Å². The smallest absolute Gasteiger partial charge is 0.331 e. The fourth-order valence-electron chi connectivity index (χ4n) is 1.18. The van der Waals surface area contributed by atoms with E-state index in [0.717, 1.165) is 25.3 Å². The summed E-state index contributed by atoms with van der Waals surface area (Å²) in [6, 6.07) is 0. The van der Waals surface area contributed by atoms with Crippen LogP contribution in [0.4, 0.5) is 0 Å². The maximum atomic E-state index is 10.2. The Labute approximate surface area is 65.7 Å². The molecule has 1 saturated heterocycles. The first-order valence-electron chi connectivity index (χ1n) is 3.78. The zero-order valence-corrected chi connectivity index (χ0v) is 6.54. The molecular weight excluding hydrogens is 144 g/mol. The van der Waals surface area contributed by atoms with Gasteiger partial charge in [0.05, 0.1) is 12.2 Å². The zero-order valence-electron chi connectivity index (χ0n) is 6.54. The third-order valence-electron chi connectivity index (χ3n) is 1.67. The first-order chi connectivity index (χ1) is 5.18. The summed E-state index contributed by atoms with van der Waals surface area (Å²) in [5.41, 5.74) is 0. The van der Waals surface area contributed by atoms with Gasteiger partial charge in [-0.3, -0.25) is 0 Å². The van der Waals surface area contributed by atoms with Gasteiger partial charge in [-0.15, -0.1) is 0 Å². The van der Waals surface area contributed by atoms with Gasteiger partial charge < -0.3 is 9.84 Å². The predicted molar refractivity (Wildman–Crippen MR) is 40.1 cm³/mol. The van der Waals surface area contributed by atoms with E-state index in [1.165, 1.54) is 0 Å². The monoisotopic (exact) mass is 156 g/mol. The molecule has 0 aliphatic carbocycles. The highest BCUT2D eigenvalue weighted by atomic mass is 16.5. The van der Waals surface area contributed by atoms with Crippen molar-refractivity contribution in [3.8, 4) is 0 Å². The van der Waals surface area contributed by atoms with Crippen LogP contribution in [0.2, 0.25) is 0 Å². The lowest BCUT2D eigenvalue weighted by Crippen LogP contribution is -2.14. The van der Waals surface area contributed by atoms with Gasteiger partial charge in [-0.25, -0.2) is 4.79 Å². The van der Waals surface area contributed by atoms with E-state index in [-0.39, 0.29) is 6.10 Å². The minimum Gasteiger partial charge on any atom is -0.495 e. The number of carboxylic acids is 1. The Morgan fingerprint density at radius 3 is 3.09 bits per heavy atom. The predicted octanol–water partition coefficient (Wildman–Crippen LogP) is 1.54. The minimum absolute atomic E-state index is 0.175. The average molecular weight is 156 g/mol. The van der Waals surface area contributed by atoms with Crippen LogP contribution >= 0.6 is 0 Å². The number of carboxylic acid groups (broad SMARTS) is 1. The Morgan fingerprint density at radius 2 is 2.55 bits per heavy atom. The van der Waals surface area contributed by atoms with Gasteiger partial charge in [-0.2, -0.15) is 0 Å². The van der Waals surface area contributed by atoms with Crippen molar-refractivity contribution in [3.05, 3.63) is 11.8 Å². The van der Waals surface area contributed by atoms with Crippen LogP contribution < -0.4 is 0 Å². The normalized spacial score (nSPS) is 28.1. The number of rotatable bonds is 1. The Morgan fingerprint density at radius 1 is 1.82 bits per heavy atom. The van der Waals surface area contributed by atoms with Crippen molar-refractivity contribution in [2.45, 2.75) is 32.3 Å². The number of hydrogen-bond donors (Lipinski definition) is 1. The molecule has 0 spiro atoms. The Kier molecular flexibility index (Phi) is 2.52. The molecule has 1 heterocycles. The number of allylic oxidation sites excluding steroid dienone is 1. The molecule has 1 atom stereocenters. The second kappa shape index (κ2) is 3.42. The highest BCUT2D eigenvalue weighted by Crippen LogP contribution is 2.20. The summed E-state index contributed by atoms with van der Waals surface area (Å²) in [4.78, 5) is 10.2. The summed E-state index contributed by atoms with van der Waals surface area (Å²) in [5, 5.41) is 8.40.